The molecule has 0 aliphatic carbocycles. The van der Waals surface area contributed by atoms with E-state index in [2.05, 4.69) is 45.0 Å². The largest absolute Gasteiger partial charge is 0.328 e. The lowest BCUT2D eigenvalue weighted by molar-refractivity contribution is 0.416. The molecular weight excluding hydrogens is 158 g/mol. The Hall–Kier alpha value is -0.820. The van der Waals surface area contributed by atoms with Crippen LogP contribution in [0.25, 0.3) is 0 Å². The van der Waals surface area contributed by atoms with Gasteiger partial charge in [0.25, 0.3) is 0 Å². The van der Waals surface area contributed by atoms with Crippen molar-refractivity contribution in [3.63, 3.8) is 0 Å². The molecule has 1 aromatic carbocycles. The lowest BCUT2D eigenvalue weighted by Gasteiger charge is -2.23. The minimum absolute atomic E-state index is 0.259. The van der Waals surface area contributed by atoms with Gasteiger partial charge >= 0.3 is 0 Å². The van der Waals surface area contributed by atoms with E-state index in [4.69, 9.17) is 5.73 Å². The minimum Gasteiger partial charge on any atom is -0.328 e. The Bertz CT molecular complexity index is 241. The molecule has 0 fully saturated rings. The van der Waals surface area contributed by atoms with Crippen LogP contribution in [0.1, 0.15) is 32.3 Å². The zero-order valence-electron chi connectivity index (χ0n) is 8.70. The van der Waals surface area contributed by atoms with Crippen LogP contribution < -0.4 is 5.73 Å². The molecular formula is C12H19N. The highest BCUT2D eigenvalue weighted by atomic mass is 14.6. The third-order valence-corrected chi connectivity index (χ3v) is 2.94. The molecule has 0 heterocycles. The summed E-state index contributed by atoms with van der Waals surface area (Å²) in [5, 5.41) is 0. The van der Waals surface area contributed by atoms with E-state index >= 15 is 0 Å². The molecule has 72 valence electrons. The van der Waals surface area contributed by atoms with Gasteiger partial charge in [-0.15, -0.1) is 0 Å². The molecule has 0 saturated heterocycles. The maximum Gasteiger partial charge on any atom is 0.00418 e. The molecule has 1 heteroatoms. The number of rotatable bonds is 3. The molecule has 0 saturated carbocycles. The van der Waals surface area contributed by atoms with Crippen LogP contribution in [0, 0.1) is 5.92 Å². The van der Waals surface area contributed by atoms with Crippen LogP contribution in [0.4, 0.5) is 0 Å². The van der Waals surface area contributed by atoms with Crippen LogP contribution >= 0.6 is 0 Å². The summed E-state index contributed by atoms with van der Waals surface area (Å²) in [4.78, 5) is 0. The molecule has 2 N–H and O–H groups in total. The van der Waals surface area contributed by atoms with Crippen LogP contribution in [0.15, 0.2) is 30.3 Å². The van der Waals surface area contributed by atoms with Crippen molar-refractivity contribution in [2.75, 3.05) is 0 Å². The van der Waals surface area contributed by atoms with E-state index in [0.717, 1.165) is 0 Å². The third kappa shape index (κ3) is 2.56. The maximum absolute atomic E-state index is 5.87. The average molecular weight is 177 g/mol. The molecule has 1 aromatic rings. The molecule has 1 nitrogen and oxygen atoms in total. The lowest BCUT2D eigenvalue weighted by atomic mass is 9.85. The van der Waals surface area contributed by atoms with Crippen molar-refractivity contribution in [3.05, 3.63) is 35.9 Å². The van der Waals surface area contributed by atoms with Crippen molar-refractivity contribution in [2.45, 2.75) is 32.7 Å². The van der Waals surface area contributed by atoms with Gasteiger partial charge in [-0.25, -0.2) is 0 Å². The van der Waals surface area contributed by atoms with E-state index in [1.807, 2.05) is 6.07 Å². The van der Waals surface area contributed by atoms with Gasteiger partial charge in [0.05, 0.1) is 0 Å². The van der Waals surface area contributed by atoms with Crippen molar-refractivity contribution < 1.29 is 0 Å². The van der Waals surface area contributed by atoms with Gasteiger partial charge in [0.15, 0.2) is 0 Å². The third-order valence-electron chi connectivity index (χ3n) is 2.94. The van der Waals surface area contributed by atoms with Crippen LogP contribution in [0.5, 0.6) is 0 Å². The van der Waals surface area contributed by atoms with E-state index in [-0.39, 0.29) is 6.04 Å². The summed E-state index contributed by atoms with van der Waals surface area (Å²) in [5.74, 6) is 1.07. The van der Waals surface area contributed by atoms with Gasteiger partial charge in [0, 0.05) is 6.04 Å². The fourth-order valence-electron chi connectivity index (χ4n) is 1.52. The fourth-order valence-corrected chi connectivity index (χ4v) is 1.52. The summed E-state index contributed by atoms with van der Waals surface area (Å²) in [6.45, 7) is 6.52. The fraction of sp³-hybridized carbons (Fsp3) is 0.500. The Morgan fingerprint density at radius 1 is 1.00 bits per heavy atom. The number of hydrogen-bond donors (Lipinski definition) is 1. The van der Waals surface area contributed by atoms with Crippen LogP contribution in [0.3, 0.4) is 0 Å². The standard InChI is InChI=1S/C12H19N/c1-9(11(3)13)10(2)12-7-5-4-6-8-12/h4-11H,13H2,1-3H3. The highest BCUT2D eigenvalue weighted by Gasteiger charge is 2.16. The van der Waals surface area contributed by atoms with Crippen molar-refractivity contribution in [1.29, 1.82) is 0 Å². The highest BCUT2D eigenvalue weighted by molar-refractivity contribution is 5.19. The van der Waals surface area contributed by atoms with Gasteiger partial charge in [-0.3, -0.25) is 0 Å². The molecule has 0 bridgehead atoms. The van der Waals surface area contributed by atoms with Crippen molar-refractivity contribution in [1.82, 2.24) is 0 Å². The second-order valence-corrected chi connectivity index (χ2v) is 3.92. The summed E-state index contributed by atoms with van der Waals surface area (Å²) in [5.41, 5.74) is 7.26. The molecule has 0 aliphatic rings. The molecule has 1 rings (SSSR count). The van der Waals surface area contributed by atoms with E-state index in [9.17, 15) is 0 Å². The van der Waals surface area contributed by atoms with E-state index in [0.29, 0.717) is 11.8 Å². The first kappa shape index (κ1) is 10.3. The average Bonchev–Trinajstić information content (AvgIpc) is 2.17. The number of benzene rings is 1. The van der Waals surface area contributed by atoms with Crippen molar-refractivity contribution in [2.24, 2.45) is 11.7 Å². The highest BCUT2D eigenvalue weighted by Crippen LogP contribution is 2.25. The first-order chi connectivity index (χ1) is 6.13. The van der Waals surface area contributed by atoms with Crippen LogP contribution in [0.2, 0.25) is 0 Å². The van der Waals surface area contributed by atoms with Gasteiger partial charge < -0.3 is 5.73 Å². The van der Waals surface area contributed by atoms with Crippen LogP contribution in [-0.4, -0.2) is 6.04 Å². The van der Waals surface area contributed by atoms with E-state index < -0.39 is 0 Å². The molecule has 13 heavy (non-hydrogen) atoms. The predicted molar refractivity (Wildman–Crippen MR) is 57.7 cm³/mol. The quantitative estimate of drug-likeness (QED) is 0.755. The van der Waals surface area contributed by atoms with Gasteiger partial charge in [-0.05, 0) is 24.3 Å². The molecule has 0 aliphatic heterocycles. The lowest BCUT2D eigenvalue weighted by Crippen LogP contribution is -2.28. The second kappa shape index (κ2) is 4.43. The summed E-state index contributed by atoms with van der Waals surface area (Å²) < 4.78 is 0. The SMILES string of the molecule is CC(N)C(C)C(C)c1ccccc1. The first-order valence-electron chi connectivity index (χ1n) is 4.93. The van der Waals surface area contributed by atoms with Crippen molar-refractivity contribution in [3.8, 4) is 0 Å². The Morgan fingerprint density at radius 2 is 1.54 bits per heavy atom. The van der Waals surface area contributed by atoms with Crippen LogP contribution in [-0.2, 0) is 0 Å². The monoisotopic (exact) mass is 177 g/mol. The second-order valence-electron chi connectivity index (χ2n) is 3.92. The smallest absolute Gasteiger partial charge is 0.00418 e. The maximum atomic E-state index is 5.87. The molecule has 0 amide bonds. The summed E-state index contributed by atoms with van der Waals surface area (Å²) >= 11 is 0. The van der Waals surface area contributed by atoms with Gasteiger partial charge in [-0.1, -0.05) is 44.2 Å². The summed E-state index contributed by atoms with van der Waals surface area (Å²) in [7, 11) is 0. The Balaban J connectivity index is 2.73. The summed E-state index contributed by atoms with van der Waals surface area (Å²) in [6.07, 6.45) is 0. The molecule has 0 spiro atoms. The molecule has 3 unspecified atom stereocenters. The van der Waals surface area contributed by atoms with E-state index in [1.165, 1.54) is 5.56 Å². The number of nitrogens with two attached hydrogens (primary N) is 1. The predicted octanol–water partition coefficient (Wildman–Crippen LogP) is 2.77. The Labute approximate surface area is 81.0 Å². The molecule has 3 atom stereocenters. The zero-order valence-corrected chi connectivity index (χ0v) is 8.70. The molecule has 0 aromatic heterocycles. The Kier molecular flexibility index (Phi) is 3.49. The summed E-state index contributed by atoms with van der Waals surface area (Å²) in [6, 6.07) is 10.8. The van der Waals surface area contributed by atoms with Crippen molar-refractivity contribution >= 4 is 0 Å². The minimum atomic E-state index is 0.259. The van der Waals surface area contributed by atoms with Gasteiger partial charge in [-0.2, -0.15) is 0 Å². The Morgan fingerprint density at radius 3 is 2.00 bits per heavy atom. The first-order valence-corrected chi connectivity index (χ1v) is 4.93. The molecule has 0 radical (unpaired) electrons. The zero-order chi connectivity index (χ0) is 9.84. The topological polar surface area (TPSA) is 26.0 Å². The van der Waals surface area contributed by atoms with Gasteiger partial charge in [0.1, 0.15) is 0 Å². The number of hydrogen-bond acceptors (Lipinski definition) is 1. The van der Waals surface area contributed by atoms with E-state index in [1.54, 1.807) is 0 Å². The van der Waals surface area contributed by atoms with Gasteiger partial charge in [0.2, 0.25) is 0 Å². The normalized spacial score (nSPS) is 17.8.